The molecule has 0 spiro atoms. The Morgan fingerprint density at radius 2 is 1.63 bits per heavy atom. The van der Waals surface area contributed by atoms with Crippen molar-refractivity contribution in [3.63, 3.8) is 0 Å². The highest BCUT2D eigenvalue weighted by molar-refractivity contribution is 5.84. The van der Waals surface area contributed by atoms with Crippen molar-refractivity contribution in [2.45, 2.75) is 39.2 Å². The van der Waals surface area contributed by atoms with Crippen molar-refractivity contribution in [2.24, 2.45) is 5.92 Å². The molecule has 1 amide bonds. The molecule has 0 saturated carbocycles. The molecule has 4 rings (SSSR count). The Morgan fingerprint density at radius 3 is 2.20 bits per heavy atom. The molecule has 1 aliphatic heterocycles. The monoisotopic (exact) mass is 479 g/mol. The van der Waals surface area contributed by atoms with Gasteiger partial charge in [0.25, 0.3) is 5.56 Å². The van der Waals surface area contributed by atoms with Crippen molar-refractivity contribution in [2.75, 3.05) is 34.4 Å². The molecule has 8 heteroatoms. The van der Waals surface area contributed by atoms with Crippen molar-refractivity contribution < 1.29 is 19.0 Å². The zero-order valence-corrected chi connectivity index (χ0v) is 21.0. The summed E-state index contributed by atoms with van der Waals surface area (Å²) in [5.41, 5.74) is 0.928. The highest BCUT2D eigenvalue weighted by atomic mass is 16.5. The second-order valence-corrected chi connectivity index (χ2v) is 9.22. The highest BCUT2D eigenvalue weighted by Gasteiger charge is 2.32. The van der Waals surface area contributed by atoms with Gasteiger partial charge in [0, 0.05) is 18.7 Å². The Balaban J connectivity index is 2.02. The number of para-hydroxylation sites is 1. The van der Waals surface area contributed by atoms with Crippen LogP contribution in [0.2, 0.25) is 0 Å². The van der Waals surface area contributed by atoms with Gasteiger partial charge in [-0.1, -0.05) is 26.0 Å². The lowest BCUT2D eigenvalue weighted by molar-refractivity contribution is -0.134. The van der Waals surface area contributed by atoms with Crippen LogP contribution in [0.3, 0.4) is 0 Å². The maximum atomic E-state index is 14.0. The van der Waals surface area contributed by atoms with E-state index >= 15 is 0 Å². The van der Waals surface area contributed by atoms with Crippen molar-refractivity contribution in [3.8, 4) is 28.6 Å². The van der Waals surface area contributed by atoms with Crippen LogP contribution in [0.4, 0.5) is 0 Å². The van der Waals surface area contributed by atoms with Gasteiger partial charge in [0.05, 0.1) is 32.2 Å². The van der Waals surface area contributed by atoms with Crippen LogP contribution in [0.1, 0.15) is 39.2 Å². The van der Waals surface area contributed by atoms with E-state index in [0.29, 0.717) is 59.0 Å². The Bertz CT molecular complexity index is 1250. The SMILES string of the molecule is COc1cc(-c2nc3ccccc3c(=O)n2C(CC(C)C)C(=O)N2CCCC2)cc(OC)c1OC. The molecule has 0 radical (unpaired) electrons. The molecule has 0 N–H and O–H groups in total. The number of carbonyl (C=O) groups is 1. The van der Waals surface area contributed by atoms with Gasteiger partial charge in [-0.05, 0) is 49.4 Å². The van der Waals surface area contributed by atoms with Gasteiger partial charge < -0.3 is 19.1 Å². The van der Waals surface area contributed by atoms with Crippen molar-refractivity contribution in [1.29, 1.82) is 0 Å². The van der Waals surface area contributed by atoms with Gasteiger partial charge in [-0.15, -0.1) is 0 Å². The number of amides is 1. The first-order valence-corrected chi connectivity index (χ1v) is 12.0. The summed E-state index contributed by atoms with van der Waals surface area (Å²) >= 11 is 0. The topological polar surface area (TPSA) is 82.9 Å². The molecule has 1 aromatic heterocycles. The third-order valence-corrected chi connectivity index (χ3v) is 6.44. The van der Waals surface area contributed by atoms with Crippen molar-refractivity contribution in [3.05, 3.63) is 46.8 Å². The van der Waals surface area contributed by atoms with Crippen LogP contribution in [0, 0.1) is 5.92 Å². The minimum Gasteiger partial charge on any atom is -0.493 e. The fourth-order valence-corrected chi connectivity index (χ4v) is 4.76. The minimum atomic E-state index is -0.674. The molecule has 3 aromatic rings. The van der Waals surface area contributed by atoms with Crippen LogP contribution in [0.5, 0.6) is 17.2 Å². The average molecular weight is 480 g/mol. The number of aromatic nitrogens is 2. The molecular formula is C27H33N3O5. The predicted molar refractivity (Wildman–Crippen MR) is 135 cm³/mol. The van der Waals surface area contributed by atoms with Crippen LogP contribution in [-0.2, 0) is 4.79 Å². The third kappa shape index (κ3) is 4.70. The van der Waals surface area contributed by atoms with Gasteiger partial charge in [-0.2, -0.15) is 0 Å². The van der Waals surface area contributed by atoms with E-state index in [4.69, 9.17) is 19.2 Å². The van der Waals surface area contributed by atoms with Crippen molar-refractivity contribution >= 4 is 16.8 Å². The van der Waals surface area contributed by atoms with Crippen LogP contribution in [0.25, 0.3) is 22.3 Å². The number of nitrogens with zero attached hydrogens (tertiary/aromatic N) is 3. The Hall–Kier alpha value is -3.55. The number of methoxy groups -OCH3 is 3. The standard InChI is InChI=1S/C27H33N3O5/c1-17(2)14-21(27(32)29-12-8-9-13-29)30-25(28-20-11-7-6-10-19(20)26(30)31)18-15-22(33-3)24(35-5)23(16-18)34-4/h6-7,10-11,15-17,21H,8-9,12-14H2,1-5H3. The van der Waals surface area contributed by atoms with Crippen LogP contribution < -0.4 is 19.8 Å². The van der Waals surface area contributed by atoms with E-state index in [9.17, 15) is 9.59 Å². The quantitative estimate of drug-likeness (QED) is 0.479. The summed E-state index contributed by atoms with van der Waals surface area (Å²) in [7, 11) is 4.62. The zero-order chi connectivity index (χ0) is 25.1. The summed E-state index contributed by atoms with van der Waals surface area (Å²) in [5.74, 6) is 1.89. The number of likely N-dealkylation sites (tertiary alicyclic amines) is 1. The Labute approximate surface area is 205 Å². The summed E-state index contributed by atoms with van der Waals surface area (Å²) in [6.45, 7) is 5.54. The molecule has 2 aromatic carbocycles. The van der Waals surface area contributed by atoms with E-state index in [1.54, 1.807) is 37.0 Å². The normalized spacial score (nSPS) is 14.4. The Morgan fingerprint density at radius 1 is 1.00 bits per heavy atom. The molecule has 0 aliphatic carbocycles. The van der Waals surface area contributed by atoms with Gasteiger partial charge in [0.15, 0.2) is 11.5 Å². The van der Waals surface area contributed by atoms with Gasteiger partial charge in [-0.25, -0.2) is 4.98 Å². The second kappa shape index (κ2) is 10.4. The van der Waals surface area contributed by atoms with E-state index in [-0.39, 0.29) is 17.4 Å². The Kier molecular flexibility index (Phi) is 7.28. The number of ether oxygens (including phenoxy) is 3. The average Bonchev–Trinajstić information content (AvgIpc) is 3.41. The largest absolute Gasteiger partial charge is 0.493 e. The smallest absolute Gasteiger partial charge is 0.262 e. The number of fused-ring (bicyclic) bond motifs is 1. The fourth-order valence-electron chi connectivity index (χ4n) is 4.76. The first kappa shape index (κ1) is 24.6. The second-order valence-electron chi connectivity index (χ2n) is 9.22. The molecule has 1 fully saturated rings. The summed E-state index contributed by atoms with van der Waals surface area (Å²) in [4.78, 5) is 34.5. The van der Waals surface area contributed by atoms with Crippen LogP contribution in [-0.4, -0.2) is 54.8 Å². The van der Waals surface area contributed by atoms with E-state index < -0.39 is 6.04 Å². The van der Waals surface area contributed by atoms with E-state index in [2.05, 4.69) is 13.8 Å². The number of benzene rings is 2. The van der Waals surface area contributed by atoms with Gasteiger partial charge in [0.1, 0.15) is 11.9 Å². The molecule has 0 bridgehead atoms. The molecule has 35 heavy (non-hydrogen) atoms. The predicted octanol–water partition coefficient (Wildman–Crippen LogP) is 4.30. The summed E-state index contributed by atoms with van der Waals surface area (Å²) < 4.78 is 18.2. The van der Waals surface area contributed by atoms with Crippen LogP contribution in [0.15, 0.2) is 41.2 Å². The first-order valence-electron chi connectivity index (χ1n) is 12.0. The number of carbonyl (C=O) groups excluding carboxylic acids is 1. The van der Waals surface area contributed by atoms with E-state index in [1.165, 1.54) is 7.11 Å². The number of hydrogen-bond acceptors (Lipinski definition) is 6. The molecule has 1 aliphatic rings. The van der Waals surface area contributed by atoms with Crippen molar-refractivity contribution in [1.82, 2.24) is 14.5 Å². The molecular weight excluding hydrogens is 446 g/mol. The first-order chi connectivity index (χ1) is 16.9. The minimum absolute atomic E-state index is 0.0379. The summed E-state index contributed by atoms with van der Waals surface area (Å²) in [6.07, 6.45) is 2.47. The molecule has 2 heterocycles. The lowest BCUT2D eigenvalue weighted by atomic mass is 10.0. The van der Waals surface area contributed by atoms with E-state index in [1.807, 2.05) is 23.1 Å². The molecule has 1 unspecified atom stereocenters. The summed E-state index contributed by atoms with van der Waals surface area (Å²) in [5, 5.41) is 0.478. The highest BCUT2D eigenvalue weighted by Crippen LogP contribution is 2.41. The fraction of sp³-hybridized carbons (Fsp3) is 0.444. The van der Waals surface area contributed by atoms with Crippen LogP contribution >= 0.6 is 0 Å². The molecule has 186 valence electrons. The summed E-state index contributed by atoms with van der Waals surface area (Å²) in [6, 6.07) is 10.1. The maximum absolute atomic E-state index is 14.0. The lowest BCUT2D eigenvalue weighted by Gasteiger charge is -2.28. The lowest BCUT2D eigenvalue weighted by Crippen LogP contribution is -2.40. The molecule has 1 saturated heterocycles. The third-order valence-electron chi connectivity index (χ3n) is 6.44. The van der Waals surface area contributed by atoms with Gasteiger partial charge in [0.2, 0.25) is 11.7 Å². The maximum Gasteiger partial charge on any atom is 0.262 e. The van der Waals surface area contributed by atoms with Gasteiger partial charge >= 0.3 is 0 Å². The van der Waals surface area contributed by atoms with Gasteiger partial charge in [-0.3, -0.25) is 14.2 Å². The zero-order valence-electron chi connectivity index (χ0n) is 21.0. The molecule has 8 nitrogen and oxygen atoms in total. The molecule has 1 atom stereocenters. The number of rotatable bonds is 8. The van der Waals surface area contributed by atoms with E-state index in [0.717, 1.165) is 12.8 Å². The number of hydrogen-bond donors (Lipinski definition) is 0.